The van der Waals surface area contributed by atoms with Gasteiger partial charge in [0.25, 0.3) is 0 Å². The second-order valence-corrected chi connectivity index (χ2v) is 5.37. The highest BCUT2D eigenvalue weighted by molar-refractivity contribution is 6.00. The normalized spacial score (nSPS) is 18.6. The molecule has 0 radical (unpaired) electrons. The van der Waals surface area contributed by atoms with E-state index in [1.165, 1.54) is 0 Å². The predicted octanol–water partition coefficient (Wildman–Crippen LogP) is 1.04. The lowest BCUT2D eigenvalue weighted by Crippen LogP contribution is -2.46. The molecule has 5 heteroatoms. The van der Waals surface area contributed by atoms with E-state index in [0.29, 0.717) is 11.3 Å². The minimum Gasteiger partial charge on any atom is -0.399 e. The molecular formula is C15H21N3O2. The lowest BCUT2D eigenvalue weighted by Gasteiger charge is -2.34. The van der Waals surface area contributed by atoms with Crippen LogP contribution in [0.3, 0.4) is 0 Å². The number of nitrogens with two attached hydrogens (primary N) is 2. The van der Waals surface area contributed by atoms with Gasteiger partial charge in [0.2, 0.25) is 5.91 Å². The van der Waals surface area contributed by atoms with Crippen LogP contribution >= 0.6 is 0 Å². The Bertz CT molecular complexity index is 490. The standard InChI is InChI=1S/C15H21N3O2/c1-10(14(19)11-2-4-13(16)5-3-11)18-8-6-12(7-9-18)15(17)20/h2-5,10,12H,6-9,16H2,1H3,(H2,17,20). The van der Waals surface area contributed by atoms with Gasteiger partial charge in [-0.3, -0.25) is 14.5 Å². The van der Waals surface area contributed by atoms with Gasteiger partial charge in [-0.25, -0.2) is 0 Å². The number of hydrogen-bond donors (Lipinski definition) is 2. The maximum Gasteiger partial charge on any atom is 0.220 e. The number of rotatable bonds is 4. The number of hydrogen-bond acceptors (Lipinski definition) is 4. The maximum absolute atomic E-state index is 12.4. The lowest BCUT2D eigenvalue weighted by atomic mass is 9.94. The summed E-state index contributed by atoms with van der Waals surface area (Å²) in [5.41, 5.74) is 12.3. The van der Waals surface area contributed by atoms with Crippen LogP contribution < -0.4 is 11.5 Å². The summed E-state index contributed by atoms with van der Waals surface area (Å²) in [7, 11) is 0. The monoisotopic (exact) mass is 275 g/mol. The number of primary amides is 1. The van der Waals surface area contributed by atoms with Gasteiger partial charge in [-0.05, 0) is 57.1 Å². The van der Waals surface area contributed by atoms with Gasteiger partial charge in [0.1, 0.15) is 0 Å². The number of nitrogens with zero attached hydrogens (tertiary/aromatic N) is 1. The molecule has 1 aromatic carbocycles. The SMILES string of the molecule is CC(C(=O)c1ccc(N)cc1)N1CCC(C(N)=O)CC1. The molecule has 0 spiro atoms. The maximum atomic E-state index is 12.4. The fourth-order valence-electron chi connectivity index (χ4n) is 2.63. The minimum absolute atomic E-state index is 0.0509. The Morgan fingerprint density at radius 1 is 1.20 bits per heavy atom. The Morgan fingerprint density at radius 3 is 2.25 bits per heavy atom. The first-order valence-corrected chi connectivity index (χ1v) is 6.92. The van der Waals surface area contributed by atoms with E-state index in [1.807, 2.05) is 6.92 Å². The van der Waals surface area contributed by atoms with E-state index in [4.69, 9.17) is 11.5 Å². The molecule has 1 fully saturated rings. The van der Waals surface area contributed by atoms with E-state index in [0.717, 1.165) is 25.9 Å². The summed E-state index contributed by atoms with van der Waals surface area (Å²) in [6.07, 6.45) is 1.46. The highest BCUT2D eigenvalue weighted by Crippen LogP contribution is 2.20. The number of piperidine rings is 1. The van der Waals surface area contributed by atoms with Crippen LogP contribution in [0, 0.1) is 5.92 Å². The van der Waals surface area contributed by atoms with Crippen molar-refractivity contribution in [2.75, 3.05) is 18.8 Å². The summed E-state index contributed by atoms with van der Waals surface area (Å²) in [6, 6.07) is 6.79. The Morgan fingerprint density at radius 2 is 1.75 bits per heavy atom. The molecule has 1 amide bonds. The third-order valence-corrected chi connectivity index (χ3v) is 4.05. The Labute approximate surface area is 118 Å². The second-order valence-electron chi connectivity index (χ2n) is 5.37. The molecule has 1 heterocycles. The summed E-state index contributed by atoms with van der Waals surface area (Å²) in [5, 5.41) is 0. The van der Waals surface area contributed by atoms with Crippen LogP contribution in [0.5, 0.6) is 0 Å². The molecule has 1 aromatic rings. The molecule has 108 valence electrons. The van der Waals surface area contributed by atoms with Crippen molar-refractivity contribution in [1.29, 1.82) is 0 Å². The molecule has 1 atom stereocenters. The molecule has 1 aliphatic rings. The molecule has 1 saturated heterocycles. The molecule has 2 rings (SSSR count). The zero-order chi connectivity index (χ0) is 14.7. The summed E-state index contributed by atoms with van der Waals surface area (Å²) in [6.45, 7) is 3.37. The number of carbonyl (C=O) groups is 2. The van der Waals surface area contributed by atoms with E-state index in [-0.39, 0.29) is 23.7 Å². The van der Waals surface area contributed by atoms with E-state index < -0.39 is 0 Å². The number of Topliss-reactive ketones (excluding diaryl/α,β-unsaturated/α-hetero) is 1. The van der Waals surface area contributed by atoms with Gasteiger partial charge in [0, 0.05) is 17.2 Å². The van der Waals surface area contributed by atoms with E-state index >= 15 is 0 Å². The fourth-order valence-corrected chi connectivity index (χ4v) is 2.63. The summed E-state index contributed by atoms with van der Waals surface area (Å²) < 4.78 is 0. The number of anilines is 1. The van der Waals surface area contributed by atoms with Gasteiger partial charge >= 0.3 is 0 Å². The van der Waals surface area contributed by atoms with Crippen LogP contribution in [0.15, 0.2) is 24.3 Å². The smallest absolute Gasteiger partial charge is 0.220 e. The van der Waals surface area contributed by atoms with Crippen LogP contribution in [0.25, 0.3) is 0 Å². The topological polar surface area (TPSA) is 89.4 Å². The van der Waals surface area contributed by atoms with Crippen molar-refractivity contribution < 1.29 is 9.59 Å². The van der Waals surface area contributed by atoms with Gasteiger partial charge in [-0.2, -0.15) is 0 Å². The first-order chi connectivity index (χ1) is 9.49. The van der Waals surface area contributed by atoms with Crippen molar-refractivity contribution in [1.82, 2.24) is 4.90 Å². The summed E-state index contributed by atoms with van der Waals surface area (Å²) in [4.78, 5) is 25.6. The quantitative estimate of drug-likeness (QED) is 0.634. The fraction of sp³-hybridized carbons (Fsp3) is 0.467. The van der Waals surface area contributed by atoms with Gasteiger partial charge in [0.15, 0.2) is 5.78 Å². The van der Waals surface area contributed by atoms with Crippen molar-refractivity contribution in [2.24, 2.45) is 11.7 Å². The molecular weight excluding hydrogens is 254 g/mol. The van der Waals surface area contributed by atoms with Gasteiger partial charge in [-0.15, -0.1) is 0 Å². The van der Waals surface area contributed by atoms with Crippen LogP contribution in [0.4, 0.5) is 5.69 Å². The average Bonchev–Trinajstić information content (AvgIpc) is 2.46. The molecule has 4 N–H and O–H groups in total. The van der Waals surface area contributed by atoms with Gasteiger partial charge in [-0.1, -0.05) is 0 Å². The van der Waals surface area contributed by atoms with Crippen molar-refractivity contribution in [3.05, 3.63) is 29.8 Å². The van der Waals surface area contributed by atoms with Crippen LogP contribution in [0.1, 0.15) is 30.1 Å². The average molecular weight is 275 g/mol. The van der Waals surface area contributed by atoms with Crippen molar-refractivity contribution in [3.8, 4) is 0 Å². The Hall–Kier alpha value is -1.88. The molecule has 5 nitrogen and oxygen atoms in total. The highest BCUT2D eigenvalue weighted by atomic mass is 16.1. The first kappa shape index (κ1) is 14.5. The number of amides is 1. The van der Waals surface area contributed by atoms with Crippen molar-refractivity contribution in [2.45, 2.75) is 25.8 Å². The third kappa shape index (κ3) is 3.17. The van der Waals surface area contributed by atoms with Crippen LogP contribution in [-0.2, 0) is 4.79 Å². The van der Waals surface area contributed by atoms with Gasteiger partial charge < -0.3 is 11.5 Å². The predicted molar refractivity (Wildman–Crippen MR) is 78.1 cm³/mol. The van der Waals surface area contributed by atoms with E-state index in [1.54, 1.807) is 24.3 Å². The molecule has 20 heavy (non-hydrogen) atoms. The number of benzene rings is 1. The largest absolute Gasteiger partial charge is 0.399 e. The van der Waals surface area contributed by atoms with Crippen LogP contribution in [-0.4, -0.2) is 35.7 Å². The summed E-state index contributed by atoms with van der Waals surface area (Å²) in [5.74, 6) is -0.199. The van der Waals surface area contributed by atoms with E-state index in [9.17, 15) is 9.59 Å². The molecule has 1 unspecified atom stereocenters. The first-order valence-electron chi connectivity index (χ1n) is 6.92. The molecule has 0 aromatic heterocycles. The molecule has 0 bridgehead atoms. The Kier molecular flexibility index (Phi) is 4.39. The molecule has 0 aliphatic carbocycles. The zero-order valence-corrected chi connectivity index (χ0v) is 11.7. The zero-order valence-electron chi connectivity index (χ0n) is 11.7. The van der Waals surface area contributed by atoms with Crippen molar-refractivity contribution >= 4 is 17.4 Å². The second kappa shape index (κ2) is 6.05. The van der Waals surface area contributed by atoms with E-state index in [2.05, 4.69) is 4.90 Å². The molecule has 0 saturated carbocycles. The lowest BCUT2D eigenvalue weighted by molar-refractivity contribution is -0.123. The number of ketones is 1. The Balaban J connectivity index is 1.98. The van der Waals surface area contributed by atoms with Crippen molar-refractivity contribution in [3.63, 3.8) is 0 Å². The number of likely N-dealkylation sites (tertiary alicyclic amines) is 1. The molecule has 1 aliphatic heterocycles. The number of carbonyl (C=O) groups excluding carboxylic acids is 2. The minimum atomic E-state index is -0.234. The highest BCUT2D eigenvalue weighted by Gasteiger charge is 2.29. The number of nitrogen functional groups attached to an aromatic ring is 1. The van der Waals surface area contributed by atoms with Crippen LogP contribution in [0.2, 0.25) is 0 Å². The third-order valence-electron chi connectivity index (χ3n) is 4.05. The van der Waals surface area contributed by atoms with Gasteiger partial charge in [0.05, 0.1) is 6.04 Å². The summed E-state index contributed by atoms with van der Waals surface area (Å²) >= 11 is 0.